The molecule has 0 aliphatic carbocycles. The third kappa shape index (κ3) is 5.39. The summed E-state index contributed by atoms with van der Waals surface area (Å²) in [6, 6.07) is 8.69. The van der Waals surface area contributed by atoms with Crippen LogP contribution >= 0.6 is 11.8 Å². The highest BCUT2D eigenvalue weighted by molar-refractivity contribution is 8.03. The van der Waals surface area contributed by atoms with E-state index < -0.39 is 24.4 Å². The van der Waals surface area contributed by atoms with Gasteiger partial charge in [0.05, 0.1) is 18.7 Å². The highest BCUT2D eigenvalue weighted by Gasteiger charge is 2.35. The molecule has 3 rings (SSSR count). The van der Waals surface area contributed by atoms with E-state index in [4.69, 9.17) is 14.4 Å². The molecule has 0 bridgehead atoms. The number of carbonyl (C=O) groups excluding carboxylic acids is 3. The second-order valence-corrected chi connectivity index (χ2v) is 7.44. The molecule has 150 valence electrons. The standard InChI is InChI=1S/C20H19N3O5S/c1-13-7-16(29-12-21)4-5-17(13)22-18(24)11-28-20(26)14-8-19(25)23(9-14)10-15-3-2-6-27-15/h2-7,14H,8-11H2,1H3,(H,22,24)/t14-/m0/s1. The van der Waals surface area contributed by atoms with Crippen molar-refractivity contribution in [3.63, 3.8) is 0 Å². The van der Waals surface area contributed by atoms with E-state index in [1.165, 1.54) is 11.2 Å². The lowest BCUT2D eigenvalue weighted by Crippen LogP contribution is -2.28. The van der Waals surface area contributed by atoms with E-state index in [1.54, 1.807) is 37.3 Å². The van der Waals surface area contributed by atoms with Crippen molar-refractivity contribution >= 4 is 35.2 Å². The first-order valence-corrected chi connectivity index (χ1v) is 9.71. The molecule has 1 saturated heterocycles. The second kappa shape index (κ2) is 9.30. The molecule has 2 amide bonds. The maximum atomic E-state index is 12.2. The van der Waals surface area contributed by atoms with Crippen LogP contribution in [0.25, 0.3) is 0 Å². The largest absolute Gasteiger partial charge is 0.467 e. The van der Waals surface area contributed by atoms with E-state index >= 15 is 0 Å². The highest BCUT2D eigenvalue weighted by atomic mass is 32.2. The first-order chi connectivity index (χ1) is 14.0. The molecule has 2 heterocycles. The first kappa shape index (κ1) is 20.5. The van der Waals surface area contributed by atoms with E-state index in [1.807, 2.05) is 5.40 Å². The van der Waals surface area contributed by atoms with E-state index in [0.717, 1.165) is 22.2 Å². The molecule has 0 unspecified atom stereocenters. The minimum atomic E-state index is -0.603. The minimum Gasteiger partial charge on any atom is -0.467 e. The Hall–Kier alpha value is -3.25. The molecular formula is C20H19N3O5S. The van der Waals surface area contributed by atoms with Crippen molar-refractivity contribution < 1.29 is 23.5 Å². The van der Waals surface area contributed by atoms with E-state index in [0.29, 0.717) is 18.0 Å². The summed E-state index contributed by atoms with van der Waals surface area (Å²) < 4.78 is 10.3. The van der Waals surface area contributed by atoms with Gasteiger partial charge in [-0.15, -0.1) is 0 Å². The van der Waals surface area contributed by atoms with Crippen LogP contribution in [0.1, 0.15) is 17.7 Å². The number of ether oxygens (including phenoxy) is 1. The Morgan fingerprint density at radius 3 is 2.93 bits per heavy atom. The molecular weight excluding hydrogens is 394 g/mol. The Labute approximate surface area is 171 Å². The van der Waals surface area contributed by atoms with Gasteiger partial charge in [-0.2, -0.15) is 5.26 Å². The van der Waals surface area contributed by atoms with Crippen molar-refractivity contribution in [1.82, 2.24) is 4.90 Å². The third-order valence-electron chi connectivity index (χ3n) is 4.46. The molecule has 0 spiro atoms. The van der Waals surface area contributed by atoms with Crippen LogP contribution in [-0.4, -0.2) is 35.8 Å². The normalized spacial score (nSPS) is 15.8. The van der Waals surface area contributed by atoms with Crippen LogP contribution in [0.3, 0.4) is 0 Å². The number of carbonyl (C=O) groups is 3. The number of nitriles is 1. The Kier molecular flexibility index (Phi) is 6.57. The van der Waals surface area contributed by atoms with Crippen molar-refractivity contribution in [1.29, 1.82) is 5.26 Å². The quantitative estimate of drug-likeness (QED) is 0.422. The van der Waals surface area contributed by atoms with Crippen molar-refractivity contribution in [3.8, 4) is 5.40 Å². The maximum Gasteiger partial charge on any atom is 0.311 e. The predicted molar refractivity (Wildman–Crippen MR) is 104 cm³/mol. The molecule has 0 saturated carbocycles. The number of amides is 2. The molecule has 1 atom stereocenters. The zero-order valence-corrected chi connectivity index (χ0v) is 16.5. The summed E-state index contributed by atoms with van der Waals surface area (Å²) in [5.74, 6) is -1.17. The molecule has 1 aliphatic rings. The van der Waals surface area contributed by atoms with Gasteiger partial charge in [0, 0.05) is 23.5 Å². The molecule has 1 aromatic carbocycles. The number of rotatable bonds is 7. The number of nitrogens with zero attached hydrogens (tertiary/aromatic N) is 2. The topological polar surface area (TPSA) is 113 Å². The van der Waals surface area contributed by atoms with Gasteiger partial charge in [0.1, 0.15) is 11.2 Å². The summed E-state index contributed by atoms with van der Waals surface area (Å²) in [4.78, 5) is 38.7. The summed E-state index contributed by atoms with van der Waals surface area (Å²) in [6.07, 6.45) is 1.58. The number of thiocyanates is 1. The van der Waals surface area contributed by atoms with E-state index in [-0.39, 0.29) is 18.9 Å². The average molecular weight is 413 g/mol. The number of furan rings is 1. The number of aryl methyl sites for hydroxylation is 1. The van der Waals surface area contributed by atoms with Crippen LogP contribution in [0.2, 0.25) is 0 Å². The van der Waals surface area contributed by atoms with Gasteiger partial charge in [-0.05, 0) is 54.6 Å². The zero-order valence-electron chi connectivity index (χ0n) is 15.7. The van der Waals surface area contributed by atoms with Gasteiger partial charge in [0.15, 0.2) is 6.61 Å². The number of hydrogen-bond donors (Lipinski definition) is 1. The molecule has 2 aromatic rings. The van der Waals surface area contributed by atoms with Crippen molar-refractivity contribution in [2.24, 2.45) is 5.92 Å². The van der Waals surface area contributed by atoms with Crippen LogP contribution in [0.4, 0.5) is 5.69 Å². The number of benzene rings is 1. The van der Waals surface area contributed by atoms with Gasteiger partial charge >= 0.3 is 5.97 Å². The average Bonchev–Trinajstić information content (AvgIpc) is 3.33. The van der Waals surface area contributed by atoms with Crippen LogP contribution < -0.4 is 5.32 Å². The van der Waals surface area contributed by atoms with Gasteiger partial charge in [-0.25, -0.2) is 0 Å². The van der Waals surface area contributed by atoms with E-state index in [2.05, 4.69) is 5.32 Å². The Morgan fingerprint density at radius 2 is 2.24 bits per heavy atom. The minimum absolute atomic E-state index is 0.0539. The predicted octanol–water partition coefficient (Wildman–Crippen LogP) is 2.69. The molecule has 1 aliphatic heterocycles. The van der Waals surface area contributed by atoms with Gasteiger partial charge < -0.3 is 19.4 Å². The number of likely N-dealkylation sites (tertiary alicyclic amines) is 1. The number of esters is 1. The molecule has 9 heteroatoms. The fourth-order valence-electron chi connectivity index (χ4n) is 3.01. The van der Waals surface area contributed by atoms with Gasteiger partial charge in [0.2, 0.25) is 5.91 Å². The zero-order chi connectivity index (χ0) is 20.8. The second-order valence-electron chi connectivity index (χ2n) is 6.58. The van der Waals surface area contributed by atoms with Crippen LogP contribution in [0, 0.1) is 23.5 Å². The number of nitrogens with one attached hydrogen (secondary N) is 1. The molecule has 0 radical (unpaired) electrons. The van der Waals surface area contributed by atoms with Crippen LogP contribution in [0.15, 0.2) is 45.9 Å². The molecule has 29 heavy (non-hydrogen) atoms. The van der Waals surface area contributed by atoms with Gasteiger partial charge in [-0.3, -0.25) is 14.4 Å². The maximum absolute atomic E-state index is 12.2. The van der Waals surface area contributed by atoms with Crippen LogP contribution in [-0.2, 0) is 25.7 Å². The lowest BCUT2D eigenvalue weighted by Gasteiger charge is -2.15. The summed E-state index contributed by atoms with van der Waals surface area (Å²) in [6.45, 7) is 1.91. The molecule has 1 N–H and O–H groups in total. The SMILES string of the molecule is Cc1cc(SC#N)ccc1NC(=O)COC(=O)[C@H]1CC(=O)N(Cc2ccco2)C1. The third-order valence-corrected chi connectivity index (χ3v) is 5.04. The summed E-state index contributed by atoms with van der Waals surface area (Å²) in [5.41, 5.74) is 1.37. The smallest absolute Gasteiger partial charge is 0.311 e. The highest BCUT2D eigenvalue weighted by Crippen LogP contribution is 2.24. The summed E-state index contributed by atoms with van der Waals surface area (Å²) in [5, 5.41) is 13.4. The molecule has 1 fully saturated rings. The lowest BCUT2D eigenvalue weighted by molar-refractivity contribution is -0.151. The Bertz CT molecular complexity index is 952. The lowest BCUT2D eigenvalue weighted by atomic mass is 10.1. The van der Waals surface area contributed by atoms with E-state index in [9.17, 15) is 14.4 Å². The Morgan fingerprint density at radius 1 is 1.41 bits per heavy atom. The number of thioether (sulfide) groups is 1. The first-order valence-electron chi connectivity index (χ1n) is 8.89. The fraction of sp³-hybridized carbons (Fsp3) is 0.300. The fourth-order valence-corrected chi connectivity index (χ4v) is 3.48. The Balaban J connectivity index is 1.47. The van der Waals surface area contributed by atoms with Crippen molar-refractivity contribution in [3.05, 3.63) is 47.9 Å². The number of hydrogen-bond acceptors (Lipinski definition) is 7. The van der Waals surface area contributed by atoms with Gasteiger partial charge in [-0.1, -0.05) is 0 Å². The monoisotopic (exact) mass is 413 g/mol. The summed E-state index contributed by atoms with van der Waals surface area (Å²) >= 11 is 1.03. The summed E-state index contributed by atoms with van der Waals surface area (Å²) in [7, 11) is 0. The van der Waals surface area contributed by atoms with Gasteiger partial charge in [0.25, 0.3) is 5.91 Å². The van der Waals surface area contributed by atoms with Crippen molar-refractivity contribution in [2.45, 2.75) is 24.8 Å². The van der Waals surface area contributed by atoms with Crippen LogP contribution in [0.5, 0.6) is 0 Å². The van der Waals surface area contributed by atoms with Crippen molar-refractivity contribution in [2.75, 3.05) is 18.5 Å². The molecule has 8 nitrogen and oxygen atoms in total. The number of anilines is 1. The molecule has 1 aromatic heterocycles.